The summed E-state index contributed by atoms with van der Waals surface area (Å²) in [4.78, 5) is 44.0. The fourth-order valence-corrected chi connectivity index (χ4v) is 1.45. The molecule has 0 radical (unpaired) electrons. The van der Waals surface area contributed by atoms with E-state index in [1.54, 1.807) is 0 Å². The first-order valence-corrected chi connectivity index (χ1v) is 7.45. The average Bonchev–Trinajstić information content (AvgIpc) is 2.54. The van der Waals surface area contributed by atoms with Crippen molar-refractivity contribution in [1.82, 2.24) is 0 Å². The number of carbonyl (C=O) groups is 4. The van der Waals surface area contributed by atoms with Crippen molar-refractivity contribution < 1.29 is 44.0 Å². The van der Waals surface area contributed by atoms with Crippen LogP contribution in [0.15, 0.2) is 23.3 Å². The molecule has 140 valence electrons. The molecule has 0 amide bonds. The molecule has 3 N–H and O–H groups in total. The molecule has 9 heteroatoms. The predicted octanol–water partition coefficient (Wildman–Crippen LogP) is 0.666. The minimum atomic E-state index is -1.69. The van der Waals surface area contributed by atoms with E-state index in [2.05, 4.69) is 0 Å². The van der Waals surface area contributed by atoms with E-state index < -0.39 is 36.4 Å². The van der Waals surface area contributed by atoms with Crippen molar-refractivity contribution in [3.8, 4) is 0 Å². The van der Waals surface area contributed by atoms with E-state index in [4.69, 9.17) is 19.7 Å². The number of carbonyl (C=O) groups excluding carboxylic acids is 2. The zero-order chi connectivity index (χ0) is 19.4. The van der Waals surface area contributed by atoms with Crippen LogP contribution in [0.25, 0.3) is 0 Å². The predicted molar refractivity (Wildman–Crippen MR) is 84.6 cm³/mol. The van der Waals surface area contributed by atoms with Gasteiger partial charge in [0, 0.05) is 24.0 Å². The summed E-state index contributed by atoms with van der Waals surface area (Å²) in [5, 5.41) is 26.8. The van der Waals surface area contributed by atoms with Crippen LogP contribution in [-0.4, -0.2) is 58.5 Å². The first-order valence-electron chi connectivity index (χ1n) is 7.45. The van der Waals surface area contributed by atoms with Crippen LogP contribution < -0.4 is 0 Å². The molecule has 1 unspecified atom stereocenters. The number of esters is 2. The van der Waals surface area contributed by atoms with Crippen LogP contribution in [0, 0.1) is 0 Å². The fourth-order valence-electron chi connectivity index (χ4n) is 1.45. The van der Waals surface area contributed by atoms with Gasteiger partial charge in [-0.15, -0.1) is 0 Å². The van der Waals surface area contributed by atoms with Crippen molar-refractivity contribution in [2.24, 2.45) is 0 Å². The summed E-state index contributed by atoms with van der Waals surface area (Å²) < 4.78 is 9.47. The van der Waals surface area contributed by atoms with Crippen LogP contribution in [0.5, 0.6) is 0 Å². The second kappa shape index (κ2) is 11.8. The monoisotopic (exact) mass is 358 g/mol. The zero-order valence-electron chi connectivity index (χ0n) is 14.1. The SMILES string of the molecule is CC(=CCCOC(=O)CC(O)C(=O)OCCC=C(C)C(=O)O)C(=O)O. The molecule has 0 aromatic rings. The zero-order valence-corrected chi connectivity index (χ0v) is 14.1. The van der Waals surface area contributed by atoms with Gasteiger partial charge in [-0.05, 0) is 13.8 Å². The Kier molecular flexibility index (Phi) is 10.5. The number of hydrogen-bond donors (Lipinski definition) is 3. The maximum absolute atomic E-state index is 11.5. The summed E-state index contributed by atoms with van der Waals surface area (Å²) in [5.41, 5.74) is 0.221. The van der Waals surface area contributed by atoms with E-state index >= 15 is 0 Å². The molecular formula is C16H22O9. The second-order valence-corrected chi connectivity index (χ2v) is 5.07. The van der Waals surface area contributed by atoms with Gasteiger partial charge in [0.1, 0.15) is 0 Å². The third-order valence-corrected chi connectivity index (χ3v) is 2.95. The number of hydrogen-bond acceptors (Lipinski definition) is 7. The van der Waals surface area contributed by atoms with E-state index in [1.165, 1.54) is 26.0 Å². The molecule has 0 aliphatic carbocycles. The largest absolute Gasteiger partial charge is 0.478 e. The first kappa shape index (κ1) is 22.3. The van der Waals surface area contributed by atoms with Crippen molar-refractivity contribution in [2.45, 2.75) is 39.2 Å². The number of aliphatic hydroxyl groups is 1. The quantitative estimate of drug-likeness (QED) is 0.275. The summed E-state index contributed by atoms with van der Waals surface area (Å²) in [5.74, 6) is -3.99. The highest BCUT2D eigenvalue weighted by Crippen LogP contribution is 2.02. The molecular weight excluding hydrogens is 336 g/mol. The number of carboxylic acids is 2. The number of rotatable bonds is 11. The standard InChI is InChI=1S/C16H22O9/c1-10(14(19)20)5-3-7-24-13(18)9-12(17)16(23)25-8-4-6-11(2)15(21)22/h5-6,12,17H,3-4,7-9H2,1-2H3,(H,19,20)(H,21,22). The molecule has 0 aliphatic rings. The average molecular weight is 358 g/mol. The minimum absolute atomic E-state index is 0.0789. The Balaban J connectivity index is 4.04. The van der Waals surface area contributed by atoms with Crippen LogP contribution in [-0.2, 0) is 28.7 Å². The van der Waals surface area contributed by atoms with Crippen LogP contribution in [0.4, 0.5) is 0 Å². The van der Waals surface area contributed by atoms with E-state index in [-0.39, 0.29) is 37.2 Å². The van der Waals surface area contributed by atoms with Crippen molar-refractivity contribution >= 4 is 23.9 Å². The maximum atomic E-state index is 11.5. The highest BCUT2D eigenvalue weighted by atomic mass is 16.6. The molecule has 9 nitrogen and oxygen atoms in total. The Morgan fingerprint density at radius 2 is 1.32 bits per heavy atom. The van der Waals surface area contributed by atoms with Gasteiger partial charge in [0.05, 0.1) is 19.6 Å². The molecule has 1 atom stereocenters. The van der Waals surface area contributed by atoms with Crippen molar-refractivity contribution in [1.29, 1.82) is 0 Å². The Morgan fingerprint density at radius 3 is 1.76 bits per heavy atom. The normalized spacial score (nSPS) is 13.1. The lowest BCUT2D eigenvalue weighted by atomic mass is 10.2. The molecule has 0 saturated carbocycles. The Labute approximate surface area is 144 Å². The first-order chi connectivity index (χ1) is 11.6. The summed E-state index contributed by atoms with van der Waals surface area (Å²) in [7, 11) is 0. The number of ether oxygens (including phenoxy) is 2. The Morgan fingerprint density at radius 1 is 0.880 bits per heavy atom. The van der Waals surface area contributed by atoms with Crippen LogP contribution in [0.3, 0.4) is 0 Å². The van der Waals surface area contributed by atoms with Gasteiger partial charge in [-0.1, -0.05) is 12.2 Å². The van der Waals surface area contributed by atoms with E-state index in [0.29, 0.717) is 0 Å². The van der Waals surface area contributed by atoms with Crippen molar-refractivity contribution in [2.75, 3.05) is 13.2 Å². The number of aliphatic carboxylic acids is 2. The van der Waals surface area contributed by atoms with Gasteiger partial charge < -0.3 is 24.8 Å². The van der Waals surface area contributed by atoms with Crippen LogP contribution >= 0.6 is 0 Å². The van der Waals surface area contributed by atoms with Crippen LogP contribution in [0.1, 0.15) is 33.1 Å². The van der Waals surface area contributed by atoms with Gasteiger partial charge in [0.2, 0.25) is 0 Å². The lowest BCUT2D eigenvalue weighted by Crippen LogP contribution is -2.27. The summed E-state index contributed by atoms with van der Waals surface area (Å²) >= 11 is 0. The highest BCUT2D eigenvalue weighted by molar-refractivity contribution is 5.86. The number of carboxylic acid groups (broad SMARTS) is 2. The second-order valence-electron chi connectivity index (χ2n) is 5.07. The van der Waals surface area contributed by atoms with E-state index in [0.717, 1.165) is 0 Å². The summed E-state index contributed by atoms with van der Waals surface area (Å²) in [6.45, 7) is 2.58. The summed E-state index contributed by atoms with van der Waals surface area (Å²) in [6, 6.07) is 0. The van der Waals surface area contributed by atoms with Gasteiger partial charge >= 0.3 is 23.9 Å². The van der Waals surface area contributed by atoms with Crippen LogP contribution in [0.2, 0.25) is 0 Å². The Bertz CT molecular complexity index is 560. The maximum Gasteiger partial charge on any atom is 0.335 e. The summed E-state index contributed by atoms with van der Waals surface area (Å²) in [6.07, 6.45) is 0.823. The lowest BCUT2D eigenvalue weighted by Gasteiger charge is -2.10. The molecule has 0 rings (SSSR count). The van der Waals surface area contributed by atoms with Gasteiger partial charge in [-0.2, -0.15) is 0 Å². The van der Waals surface area contributed by atoms with Crippen molar-refractivity contribution in [3.63, 3.8) is 0 Å². The fraction of sp³-hybridized carbons (Fsp3) is 0.500. The molecule has 0 aromatic carbocycles. The lowest BCUT2D eigenvalue weighted by molar-refractivity contribution is -0.159. The molecule has 0 fully saturated rings. The van der Waals surface area contributed by atoms with E-state index in [1.807, 2.05) is 0 Å². The van der Waals surface area contributed by atoms with Gasteiger partial charge in [-0.3, -0.25) is 4.79 Å². The molecule has 0 saturated heterocycles. The molecule has 0 bridgehead atoms. The smallest absolute Gasteiger partial charge is 0.335 e. The van der Waals surface area contributed by atoms with Gasteiger partial charge in [-0.25, -0.2) is 14.4 Å². The van der Waals surface area contributed by atoms with E-state index in [9.17, 15) is 24.3 Å². The molecule has 0 heterocycles. The Hall–Kier alpha value is -2.68. The molecule has 0 aromatic heterocycles. The topological polar surface area (TPSA) is 147 Å². The van der Waals surface area contributed by atoms with Gasteiger partial charge in [0.15, 0.2) is 6.10 Å². The van der Waals surface area contributed by atoms with Crippen molar-refractivity contribution in [3.05, 3.63) is 23.3 Å². The molecule has 0 aliphatic heterocycles. The number of aliphatic hydroxyl groups excluding tert-OH is 1. The third kappa shape index (κ3) is 10.7. The minimum Gasteiger partial charge on any atom is -0.478 e. The molecule has 25 heavy (non-hydrogen) atoms. The third-order valence-electron chi connectivity index (χ3n) is 2.95. The molecule has 0 spiro atoms. The highest BCUT2D eigenvalue weighted by Gasteiger charge is 2.21. The van der Waals surface area contributed by atoms with Gasteiger partial charge in [0.25, 0.3) is 0 Å².